The fourth-order valence-corrected chi connectivity index (χ4v) is 1.89. The van der Waals surface area contributed by atoms with Gasteiger partial charge in [0.15, 0.2) is 0 Å². The summed E-state index contributed by atoms with van der Waals surface area (Å²) in [5.41, 5.74) is 6.90. The first-order valence-corrected chi connectivity index (χ1v) is 5.77. The zero-order valence-corrected chi connectivity index (χ0v) is 10.0. The lowest BCUT2D eigenvalue weighted by Gasteiger charge is -2.05. The van der Waals surface area contributed by atoms with E-state index in [9.17, 15) is 4.79 Å². The zero-order chi connectivity index (χ0) is 13.2. The van der Waals surface area contributed by atoms with Crippen molar-refractivity contribution in [1.29, 1.82) is 0 Å². The summed E-state index contributed by atoms with van der Waals surface area (Å²) < 4.78 is 1.32. The molecular weight excluding hydrogens is 242 g/mol. The molecule has 0 saturated heterocycles. The second-order valence-corrected chi connectivity index (χ2v) is 4.16. The lowest BCUT2D eigenvalue weighted by Crippen LogP contribution is -2.24. The summed E-state index contributed by atoms with van der Waals surface area (Å²) in [5, 5.41) is 8.51. The number of rotatable bonds is 2. The Balaban J connectivity index is 2.06. The van der Waals surface area contributed by atoms with Crippen LogP contribution in [-0.4, -0.2) is 20.0 Å². The Morgan fingerprint density at radius 3 is 2.89 bits per heavy atom. The van der Waals surface area contributed by atoms with Crippen LogP contribution in [0.15, 0.2) is 47.4 Å². The van der Waals surface area contributed by atoms with Crippen LogP contribution in [0.2, 0.25) is 0 Å². The average Bonchev–Trinajstić information content (AvgIpc) is 2.42. The van der Waals surface area contributed by atoms with Crippen molar-refractivity contribution in [3.05, 3.63) is 58.5 Å². The Bertz CT molecular complexity index is 796. The number of pyridine rings is 1. The molecule has 6 heteroatoms. The third-order valence-corrected chi connectivity index (χ3v) is 2.81. The molecule has 0 unspecified atom stereocenters. The van der Waals surface area contributed by atoms with E-state index in [0.29, 0.717) is 23.3 Å². The number of hydrogen-bond donors (Lipinski definition) is 1. The maximum Gasteiger partial charge on any atom is 0.277 e. The molecule has 2 aromatic heterocycles. The Hall–Kier alpha value is -2.76. The van der Waals surface area contributed by atoms with Gasteiger partial charge in [-0.15, -0.1) is 5.10 Å². The molecule has 3 rings (SSSR count). The van der Waals surface area contributed by atoms with Gasteiger partial charge in [-0.05, 0) is 29.8 Å². The van der Waals surface area contributed by atoms with Crippen molar-refractivity contribution < 1.29 is 0 Å². The maximum absolute atomic E-state index is 12.2. The van der Waals surface area contributed by atoms with Crippen LogP contribution in [-0.2, 0) is 6.54 Å². The van der Waals surface area contributed by atoms with E-state index in [-0.39, 0.29) is 5.56 Å². The Labute approximate surface area is 108 Å². The molecule has 0 radical (unpaired) electrons. The summed E-state index contributed by atoms with van der Waals surface area (Å²) >= 11 is 0. The highest BCUT2D eigenvalue weighted by Crippen LogP contribution is 2.06. The van der Waals surface area contributed by atoms with Crippen molar-refractivity contribution in [3.63, 3.8) is 0 Å². The SMILES string of the molecule is Nc1cc(Cn2nnc3ccccc3c2=O)ccn1. The minimum atomic E-state index is -0.166. The van der Waals surface area contributed by atoms with Gasteiger partial charge in [0.1, 0.15) is 11.3 Å². The molecule has 94 valence electrons. The second-order valence-electron chi connectivity index (χ2n) is 4.16. The Kier molecular flexibility index (Phi) is 2.68. The minimum Gasteiger partial charge on any atom is -0.384 e. The molecule has 6 nitrogen and oxygen atoms in total. The van der Waals surface area contributed by atoms with Gasteiger partial charge in [-0.25, -0.2) is 9.67 Å². The highest BCUT2D eigenvalue weighted by molar-refractivity contribution is 5.76. The summed E-state index contributed by atoms with van der Waals surface area (Å²) in [6.45, 7) is 0.323. The first kappa shape index (κ1) is 11.3. The highest BCUT2D eigenvalue weighted by Gasteiger charge is 2.05. The summed E-state index contributed by atoms with van der Waals surface area (Å²) in [7, 11) is 0. The molecule has 1 aromatic carbocycles. The first-order chi connectivity index (χ1) is 9.24. The molecule has 0 spiro atoms. The van der Waals surface area contributed by atoms with Gasteiger partial charge >= 0.3 is 0 Å². The molecule has 0 saturated carbocycles. The highest BCUT2D eigenvalue weighted by atomic mass is 16.1. The van der Waals surface area contributed by atoms with Gasteiger partial charge in [0.25, 0.3) is 5.56 Å². The van der Waals surface area contributed by atoms with E-state index < -0.39 is 0 Å². The van der Waals surface area contributed by atoms with E-state index in [2.05, 4.69) is 15.3 Å². The molecule has 0 aliphatic heterocycles. The fourth-order valence-electron chi connectivity index (χ4n) is 1.89. The Morgan fingerprint density at radius 2 is 2.05 bits per heavy atom. The van der Waals surface area contributed by atoms with Gasteiger partial charge in [0.2, 0.25) is 0 Å². The maximum atomic E-state index is 12.2. The van der Waals surface area contributed by atoms with Crippen LogP contribution in [0.5, 0.6) is 0 Å². The van der Waals surface area contributed by atoms with Crippen LogP contribution in [0.25, 0.3) is 10.9 Å². The topological polar surface area (TPSA) is 86.7 Å². The standard InChI is InChI=1S/C13H11N5O/c14-12-7-9(5-6-15-12)8-18-13(19)10-3-1-2-4-11(10)16-17-18/h1-7H,8H2,(H2,14,15). The third-order valence-electron chi connectivity index (χ3n) is 2.81. The van der Waals surface area contributed by atoms with Gasteiger partial charge in [0, 0.05) is 6.20 Å². The van der Waals surface area contributed by atoms with Crippen molar-refractivity contribution in [1.82, 2.24) is 20.0 Å². The molecule has 0 amide bonds. The molecule has 0 fully saturated rings. The largest absolute Gasteiger partial charge is 0.384 e. The molecule has 0 bridgehead atoms. The van der Waals surface area contributed by atoms with Crippen LogP contribution in [0.3, 0.4) is 0 Å². The van der Waals surface area contributed by atoms with Crippen LogP contribution in [0.1, 0.15) is 5.56 Å². The number of nitrogen functional groups attached to an aromatic ring is 1. The minimum absolute atomic E-state index is 0.166. The molecular formula is C13H11N5O. The van der Waals surface area contributed by atoms with Crippen molar-refractivity contribution in [2.24, 2.45) is 0 Å². The van der Waals surface area contributed by atoms with Crippen molar-refractivity contribution >= 4 is 16.7 Å². The van der Waals surface area contributed by atoms with E-state index in [1.807, 2.05) is 6.07 Å². The quantitative estimate of drug-likeness (QED) is 0.730. The first-order valence-electron chi connectivity index (χ1n) is 5.77. The second kappa shape index (κ2) is 4.49. The van der Waals surface area contributed by atoms with Crippen molar-refractivity contribution in [3.8, 4) is 0 Å². The summed E-state index contributed by atoms with van der Waals surface area (Å²) in [6.07, 6.45) is 1.60. The number of anilines is 1. The van der Waals surface area contributed by atoms with Crippen LogP contribution in [0.4, 0.5) is 5.82 Å². The van der Waals surface area contributed by atoms with Crippen molar-refractivity contribution in [2.45, 2.75) is 6.54 Å². The van der Waals surface area contributed by atoms with E-state index >= 15 is 0 Å². The normalized spacial score (nSPS) is 10.7. The van der Waals surface area contributed by atoms with E-state index in [4.69, 9.17) is 5.73 Å². The van der Waals surface area contributed by atoms with Crippen LogP contribution < -0.4 is 11.3 Å². The van der Waals surface area contributed by atoms with E-state index in [0.717, 1.165) is 5.56 Å². The summed E-state index contributed by atoms with van der Waals surface area (Å²) in [4.78, 5) is 16.1. The number of nitrogens with zero attached hydrogens (tertiary/aromatic N) is 4. The number of benzene rings is 1. The third kappa shape index (κ3) is 2.15. The van der Waals surface area contributed by atoms with Gasteiger partial charge < -0.3 is 5.73 Å². The van der Waals surface area contributed by atoms with Gasteiger partial charge in [0.05, 0.1) is 11.9 Å². The predicted molar refractivity (Wildman–Crippen MR) is 71.5 cm³/mol. The monoisotopic (exact) mass is 253 g/mol. The molecule has 0 aliphatic carbocycles. The molecule has 0 atom stereocenters. The molecule has 2 heterocycles. The lowest BCUT2D eigenvalue weighted by atomic mass is 10.2. The predicted octanol–water partition coefficient (Wildman–Crippen LogP) is 0.817. The molecule has 3 aromatic rings. The summed E-state index contributed by atoms with van der Waals surface area (Å²) in [6, 6.07) is 10.6. The zero-order valence-electron chi connectivity index (χ0n) is 10.0. The molecule has 2 N–H and O–H groups in total. The van der Waals surface area contributed by atoms with E-state index in [1.54, 1.807) is 36.5 Å². The van der Waals surface area contributed by atoms with Gasteiger partial charge in [-0.1, -0.05) is 17.3 Å². The number of hydrogen-bond acceptors (Lipinski definition) is 5. The smallest absolute Gasteiger partial charge is 0.277 e. The molecule has 0 aliphatic rings. The Morgan fingerprint density at radius 1 is 1.21 bits per heavy atom. The number of nitrogens with two attached hydrogens (primary N) is 1. The average molecular weight is 253 g/mol. The number of aromatic nitrogens is 4. The number of fused-ring (bicyclic) bond motifs is 1. The lowest BCUT2D eigenvalue weighted by molar-refractivity contribution is 0.600. The van der Waals surface area contributed by atoms with E-state index in [1.165, 1.54) is 4.68 Å². The molecule has 19 heavy (non-hydrogen) atoms. The van der Waals surface area contributed by atoms with Gasteiger partial charge in [-0.2, -0.15) is 0 Å². The summed E-state index contributed by atoms with van der Waals surface area (Å²) in [5.74, 6) is 0.416. The fraction of sp³-hybridized carbons (Fsp3) is 0.0769. The van der Waals surface area contributed by atoms with Crippen molar-refractivity contribution in [2.75, 3.05) is 5.73 Å². The van der Waals surface area contributed by atoms with Crippen LogP contribution >= 0.6 is 0 Å². The van der Waals surface area contributed by atoms with Crippen LogP contribution in [0, 0.1) is 0 Å². The van der Waals surface area contributed by atoms with Gasteiger partial charge in [-0.3, -0.25) is 4.79 Å².